The monoisotopic (exact) mass is 218 g/mol. The molecule has 0 spiro atoms. The zero-order valence-electron chi connectivity index (χ0n) is 9.95. The van der Waals surface area contributed by atoms with Gasteiger partial charge in [-0.2, -0.15) is 0 Å². The Morgan fingerprint density at radius 2 is 1.94 bits per heavy atom. The molecular formula is C14H20NO. The van der Waals surface area contributed by atoms with Gasteiger partial charge < -0.3 is 5.11 Å². The Kier molecular flexibility index (Phi) is 3.31. The van der Waals surface area contributed by atoms with Crippen LogP contribution in [0.5, 0.6) is 0 Å². The third-order valence-electron chi connectivity index (χ3n) is 3.36. The van der Waals surface area contributed by atoms with E-state index in [1.165, 1.54) is 6.42 Å². The zero-order chi connectivity index (χ0) is 11.6. The minimum absolute atomic E-state index is 0.898. The van der Waals surface area contributed by atoms with Gasteiger partial charge in [0.2, 0.25) is 0 Å². The number of likely N-dealkylation sites (tertiary alicyclic amines) is 1. The molecule has 1 atom stereocenters. The van der Waals surface area contributed by atoms with Gasteiger partial charge in [0, 0.05) is 13.1 Å². The molecule has 1 aromatic rings. The maximum atomic E-state index is 10.5. The fourth-order valence-corrected chi connectivity index (χ4v) is 2.34. The molecule has 0 saturated carbocycles. The summed E-state index contributed by atoms with van der Waals surface area (Å²) in [6, 6.07) is 7.98. The second-order valence-electron chi connectivity index (χ2n) is 4.73. The summed E-state index contributed by atoms with van der Waals surface area (Å²) in [4.78, 5) is 2.07. The second kappa shape index (κ2) is 4.56. The molecule has 1 heterocycles. The van der Waals surface area contributed by atoms with Gasteiger partial charge in [-0.05, 0) is 32.3 Å². The molecule has 1 radical (unpaired) electrons. The molecule has 0 aromatic heterocycles. The molecular weight excluding hydrogens is 198 g/mol. The Morgan fingerprint density at radius 1 is 1.25 bits per heavy atom. The maximum Gasteiger partial charge on any atom is 0.144 e. The highest BCUT2D eigenvalue weighted by Crippen LogP contribution is 2.28. The smallest absolute Gasteiger partial charge is 0.144 e. The number of rotatable bonds is 2. The van der Waals surface area contributed by atoms with Crippen LogP contribution in [0.2, 0.25) is 0 Å². The van der Waals surface area contributed by atoms with Gasteiger partial charge in [-0.1, -0.05) is 36.2 Å². The summed E-state index contributed by atoms with van der Waals surface area (Å²) in [5, 5.41) is 10.5. The van der Waals surface area contributed by atoms with Crippen LogP contribution in [0.3, 0.4) is 0 Å². The van der Waals surface area contributed by atoms with Crippen molar-refractivity contribution in [2.45, 2.75) is 31.9 Å². The van der Waals surface area contributed by atoms with Crippen molar-refractivity contribution in [1.29, 1.82) is 0 Å². The van der Waals surface area contributed by atoms with Crippen LogP contribution >= 0.6 is 0 Å². The lowest BCUT2D eigenvalue weighted by molar-refractivity contribution is -0.0857. The zero-order valence-corrected chi connectivity index (χ0v) is 9.95. The Balaban J connectivity index is 2.22. The van der Waals surface area contributed by atoms with Gasteiger partial charge in [0.1, 0.15) is 5.72 Å². The highest BCUT2D eigenvalue weighted by molar-refractivity contribution is 5.28. The Hall–Kier alpha value is -0.860. The molecule has 16 heavy (non-hydrogen) atoms. The second-order valence-corrected chi connectivity index (χ2v) is 4.73. The average Bonchev–Trinajstić information content (AvgIpc) is 2.30. The third kappa shape index (κ3) is 2.28. The minimum Gasteiger partial charge on any atom is -0.371 e. The maximum absolute atomic E-state index is 10.5. The fraction of sp³-hybridized carbons (Fsp3) is 0.500. The molecule has 1 N–H and O–H groups in total. The van der Waals surface area contributed by atoms with Crippen LogP contribution in [-0.4, -0.2) is 23.1 Å². The molecule has 0 amide bonds. The third-order valence-corrected chi connectivity index (χ3v) is 3.36. The lowest BCUT2D eigenvalue weighted by Gasteiger charge is -2.39. The van der Waals surface area contributed by atoms with Crippen LogP contribution < -0.4 is 0 Å². The van der Waals surface area contributed by atoms with Crippen molar-refractivity contribution >= 4 is 0 Å². The van der Waals surface area contributed by atoms with E-state index < -0.39 is 5.72 Å². The predicted octanol–water partition coefficient (Wildman–Crippen LogP) is 2.46. The molecule has 1 saturated heterocycles. The SMILES string of the molecule is [CH2]C(O)(c1cccc(C)c1)N1CCCCC1. The number of hydrogen-bond acceptors (Lipinski definition) is 2. The van der Waals surface area contributed by atoms with Gasteiger partial charge in [-0.3, -0.25) is 4.90 Å². The highest BCUT2D eigenvalue weighted by Gasteiger charge is 2.31. The summed E-state index contributed by atoms with van der Waals surface area (Å²) in [5.41, 5.74) is 0.998. The van der Waals surface area contributed by atoms with Crippen molar-refractivity contribution in [3.8, 4) is 0 Å². The van der Waals surface area contributed by atoms with Gasteiger partial charge >= 0.3 is 0 Å². The van der Waals surface area contributed by atoms with E-state index >= 15 is 0 Å². The van der Waals surface area contributed by atoms with Crippen molar-refractivity contribution in [3.63, 3.8) is 0 Å². The summed E-state index contributed by atoms with van der Waals surface area (Å²) in [5.74, 6) is 0. The quantitative estimate of drug-likeness (QED) is 0.824. The van der Waals surface area contributed by atoms with Crippen molar-refractivity contribution in [3.05, 3.63) is 42.3 Å². The molecule has 2 nitrogen and oxygen atoms in total. The summed E-state index contributed by atoms with van der Waals surface area (Å²) in [7, 11) is 0. The molecule has 0 bridgehead atoms. The van der Waals surface area contributed by atoms with E-state index in [1.807, 2.05) is 31.2 Å². The van der Waals surface area contributed by atoms with Crippen molar-refractivity contribution in [2.75, 3.05) is 13.1 Å². The van der Waals surface area contributed by atoms with Crippen LogP contribution in [0.15, 0.2) is 24.3 Å². The largest absolute Gasteiger partial charge is 0.371 e. The van der Waals surface area contributed by atoms with Crippen LogP contribution in [0.4, 0.5) is 0 Å². The van der Waals surface area contributed by atoms with E-state index in [1.54, 1.807) is 0 Å². The van der Waals surface area contributed by atoms with E-state index in [2.05, 4.69) is 11.8 Å². The molecule has 1 aliphatic heterocycles. The first-order valence-electron chi connectivity index (χ1n) is 6.00. The summed E-state index contributed by atoms with van der Waals surface area (Å²) in [6.45, 7) is 7.90. The standard InChI is InChI=1S/C14H20NO/c1-12-7-6-8-13(11-12)14(2,16)15-9-4-3-5-10-15/h6-8,11,16H,2-5,9-10H2,1H3. The highest BCUT2D eigenvalue weighted by atomic mass is 16.3. The molecule has 2 heteroatoms. The number of hydrogen-bond donors (Lipinski definition) is 1. The summed E-state index contributed by atoms with van der Waals surface area (Å²) in [6.07, 6.45) is 3.58. The number of benzene rings is 1. The Labute approximate surface area is 97.9 Å². The average molecular weight is 218 g/mol. The summed E-state index contributed by atoms with van der Waals surface area (Å²) < 4.78 is 0. The van der Waals surface area contributed by atoms with E-state index in [4.69, 9.17) is 0 Å². The Morgan fingerprint density at radius 3 is 2.56 bits per heavy atom. The van der Waals surface area contributed by atoms with Gasteiger partial charge in [0.25, 0.3) is 0 Å². The first-order chi connectivity index (χ1) is 7.60. The molecule has 0 aliphatic carbocycles. The molecule has 1 unspecified atom stereocenters. The molecule has 87 valence electrons. The molecule has 2 rings (SSSR count). The van der Waals surface area contributed by atoms with Crippen LogP contribution in [0.1, 0.15) is 30.4 Å². The minimum atomic E-state index is -1.06. The first kappa shape index (κ1) is 11.6. The van der Waals surface area contributed by atoms with Crippen LogP contribution in [-0.2, 0) is 5.72 Å². The van der Waals surface area contributed by atoms with Crippen molar-refractivity contribution in [1.82, 2.24) is 4.90 Å². The van der Waals surface area contributed by atoms with Gasteiger partial charge in [-0.15, -0.1) is 0 Å². The van der Waals surface area contributed by atoms with Gasteiger partial charge in [-0.25, -0.2) is 0 Å². The van der Waals surface area contributed by atoms with E-state index in [-0.39, 0.29) is 0 Å². The van der Waals surface area contributed by atoms with E-state index in [9.17, 15) is 5.11 Å². The lowest BCUT2D eigenvalue weighted by Crippen LogP contribution is -2.46. The van der Waals surface area contributed by atoms with Crippen molar-refractivity contribution < 1.29 is 5.11 Å². The van der Waals surface area contributed by atoms with Crippen molar-refractivity contribution in [2.24, 2.45) is 0 Å². The van der Waals surface area contributed by atoms with Crippen LogP contribution in [0, 0.1) is 13.8 Å². The number of aliphatic hydroxyl groups is 1. The normalized spacial score (nSPS) is 21.7. The van der Waals surface area contributed by atoms with Gasteiger partial charge in [0.05, 0.1) is 0 Å². The molecule has 1 fully saturated rings. The molecule has 1 aromatic carbocycles. The van der Waals surface area contributed by atoms with E-state index in [0.29, 0.717) is 0 Å². The Bertz CT molecular complexity index is 354. The fourth-order valence-electron chi connectivity index (χ4n) is 2.34. The number of aryl methyl sites for hydroxylation is 1. The number of nitrogens with zero attached hydrogens (tertiary/aromatic N) is 1. The topological polar surface area (TPSA) is 23.5 Å². The summed E-state index contributed by atoms with van der Waals surface area (Å²) >= 11 is 0. The first-order valence-corrected chi connectivity index (χ1v) is 6.00. The van der Waals surface area contributed by atoms with E-state index in [0.717, 1.165) is 37.1 Å². The van der Waals surface area contributed by atoms with Gasteiger partial charge in [0.15, 0.2) is 0 Å². The predicted molar refractivity (Wildman–Crippen MR) is 65.9 cm³/mol. The number of piperidine rings is 1. The molecule has 1 aliphatic rings. The van der Waals surface area contributed by atoms with Crippen LogP contribution in [0.25, 0.3) is 0 Å². The lowest BCUT2D eigenvalue weighted by atomic mass is 9.98.